The minimum atomic E-state index is -0.0405. The van der Waals surface area contributed by atoms with Crippen molar-refractivity contribution >= 4 is 40.3 Å². The number of aryl methyl sites for hydroxylation is 1. The molecule has 3 heterocycles. The van der Waals surface area contributed by atoms with Gasteiger partial charge in [0, 0.05) is 29.7 Å². The Morgan fingerprint density at radius 3 is 2.77 bits per heavy atom. The number of para-hydroxylation sites is 1. The Kier molecular flexibility index (Phi) is 6.40. The molecule has 1 saturated heterocycles. The smallest absolute Gasteiger partial charge is 0.226 e. The van der Waals surface area contributed by atoms with Crippen LogP contribution in [-0.4, -0.2) is 27.4 Å². The summed E-state index contributed by atoms with van der Waals surface area (Å²) in [6, 6.07) is 18.0. The van der Waals surface area contributed by atoms with Gasteiger partial charge < -0.3 is 15.5 Å². The fourth-order valence-corrected chi connectivity index (χ4v) is 5.01. The highest BCUT2D eigenvalue weighted by atomic mass is 32.1. The number of anilines is 1. The normalized spacial score (nSPS) is 18.3. The van der Waals surface area contributed by atoms with Gasteiger partial charge in [-0.3, -0.25) is 9.78 Å². The molecule has 2 unspecified atom stereocenters. The first-order valence-electron chi connectivity index (χ1n) is 10.1. The van der Waals surface area contributed by atoms with Crippen molar-refractivity contribution in [2.75, 3.05) is 11.9 Å². The van der Waals surface area contributed by atoms with Gasteiger partial charge in [-0.25, -0.2) is 0 Å². The number of amides is 1. The number of hydrogen-bond donors (Lipinski definition) is 2. The highest BCUT2D eigenvalue weighted by Gasteiger charge is 2.40. The van der Waals surface area contributed by atoms with Crippen molar-refractivity contribution in [2.24, 2.45) is 0 Å². The van der Waals surface area contributed by atoms with E-state index in [1.54, 1.807) is 17.5 Å². The Balaban J connectivity index is 1.49. The van der Waals surface area contributed by atoms with E-state index >= 15 is 0 Å². The number of aromatic nitrogens is 1. The van der Waals surface area contributed by atoms with Crippen molar-refractivity contribution in [3.63, 3.8) is 0 Å². The molecule has 0 spiro atoms. The second-order valence-electron chi connectivity index (χ2n) is 7.14. The summed E-state index contributed by atoms with van der Waals surface area (Å²) in [6.45, 7) is 2.63. The molecule has 1 aliphatic rings. The molecule has 1 aromatic carbocycles. The van der Waals surface area contributed by atoms with Gasteiger partial charge in [0.05, 0.1) is 17.8 Å². The zero-order chi connectivity index (χ0) is 20.9. The van der Waals surface area contributed by atoms with Crippen LogP contribution in [0, 0.1) is 0 Å². The van der Waals surface area contributed by atoms with Crippen LogP contribution in [0.5, 0.6) is 0 Å². The van der Waals surface area contributed by atoms with Gasteiger partial charge in [0.1, 0.15) is 0 Å². The predicted octanol–water partition coefficient (Wildman–Crippen LogP) is 4.71. The summed E-state index contributed by atoms with van der Waals surface area (Å²) in [6.07, 6.45) is 3.03. The summed E-state index contributed by atoms with van der Waals surface area (Å²) in [5.74, 6) is -0.00934. The Bertz CT molecular complexity index is 1010. The van der Waals surface area contributed by atoms with Crippen molar-refractivity contribution in [1.82, 2.24) is 15.2 Å². The Hall–Kier alpha value is -2.77. The molecule has 2 N–H and O–H groups in total. The standard InChI is InChI=1S/C23H24N4OS2/c1-2-16-8-3-4-9-17(16)25-20(28)12-14-27-22(19-11-7-15-30-19)21(26-23(27)29)18-10-5-6-13-24-18/h3-11,13,15,21-22H,2,12,14H2,1H3,(H,25,28)(H,26,29). The number of nitrogens with zero attached hydrogens (tertiary/aromatic N) is 2. The number of thiophene rings is 1. The van der Waals surface area contributed by atoms with Crippen molar-refractivity contribution in [2.45, 2.75) is 31.8 Å². The zero-order valence-corrected chi connectivity index (χ0v) is 18.4. The van der Waals surface area contributed by atoms with Crippen molar-refractivity contribution < 1.29 is 4.79 Å². The first-order valence-corrected chi connectivity index (χ1v) is 11.4. The van der Waals surface area contributed by atoms with Crippen LogP contribution in [0.4, 0.5) is 5.69 Å². The largest absolute Gasteiger partial charge is 0.352 e. The average Bonchev–Trinajstić information content (AvgIpc) is 3.41. The number of hydrogen-bond acceptors (Lipinski definition) is 4. The molecular weight excluding hydrogens is 412 g/mol. The van der Waals surface area contributed by atoms with Crippen LogP contribution < -0.4 is 10.6 Å². The van der Waals surface area contributed by atoms with Crippen LogP contribution in [-0.2, 0) is 11.2 Å². The lowest BCUT2D eigenvalue weighted by atomic mass is 10.0. The molecule has 4 rings (SSSR count). The fourth-order valence-electron chi connectivity index (χ4n) is 3.80. The molecular formula is C23H24N4OS2. The van der Waals surface area contributed by atoms with Gasteiger partial charge in [0.25, 0.3) is 0 Å². The molecule has 1 fully saturated rings. The van der Waals surface area contributed by atoms with Crippen LogP contribution in [0.25, 0.3) is 0 Å². The van der Waals surface area contributed by atoms with Crippen LogP contribution >= 0.6 is 23.6 Å². The van der Waals surface area contributed by atoms with E-state index in [0.717, 1.165) is 23.4 Å². The lowest BCUT2D eigenvalue weighted by molar-refractivity contribution is -0.116. The zero-order valence-electron chi connectivity index (χ0n) is 16.7. The molecule has 0 radical (unpaired) electrons. The number of carbonyl (C=O) groups is 1. The van der Waals surface area contributed by atoms with Crippen LogP contribution in [0.2, 0.25) is 0 Å². The van der Waals surface area contributed by atoms with Crippen LogP contribution in [0.15, 0.2) is 66.2 Å². The lowest BCUT2D eigenvalue weighted by Gasteiger charge is -2.26. The van der Waals surface area contributed by atoms with E-state index in [-0.39, 0.29) is 18.0 Å². The van der Waals surface area contributed by atoms with Gasteiger partial charge in [-0.15, -0.1) is 11.3 Å². The van der Waals surface area contributed by atoms with E-state index < -0.39 is 0 Å². The number of pyridine rings is 1. The third kappa shape index (κ3) is 4.37. The molecule has 5 nitrogen and oxygen atoms in total. The summed E-state index contributed by atoms with van der Waals surface area (Å²) in [7, 11) is 0. The van der Waals surface area contributed by atoms with E-state index in [4.69, 9.17) is 12.2 Å². The monoisotopic (exact) mass is 436 g/mol. The minimum Gasteiger partial charge on any atom is -0.352 e. The van der Waals surface area contributed by atoms with Gasteiger partial charge >= 0.3 is 0 Å². The third-order valence-corrected chi connectivity index (χ3v) is 6.58. The van der Waals surface area contributed by atoms with Crippen molar-refractivity contribution in [1.29, 1.82) is 0 Å². The molecule has 1 aliphatic heterocycles. The SMILES string of the molecule is CCc1ccccc1NC(=O)CCN1C(=S)NC(c2ccccn2)C1c1cccs1. The van der Waals surface area contributed by atoms with Gasteiger partial charge in [0.15, 0.2) is 5.11 Å². The maximum Gasteiger partial charge on any atom is 0.226 e. The van der Waals surface area contributed by atoms with E-state index in [0.29, 0.717) is 18.1 Å². The lowest BCUT2D eigenvalue weighted by Crippen LogP contribution is -2.32. The van der Waals surface area contributed by atoms with Gasteiger partial charge in [0.2, 0.25) is 5.91 Å². The first kappa shape index (κ1) is 20.5. The average molecular weight is 437 g/mol. The third-order valence-electron chi connectivity index (χ3n) is 5.28. The Morgan fingerprint density at radius 2 is 2.03 bits per heavy atom. The van der Waals surface area contributed by atoms with E-state index in [2.05, 4.69) is 38.9 Å². The molecule has 1 amide bonds. The molecule has 154 valence electrons. The van der Waals surface area contributed by atoms with Gasteiger partial charge in [-0.05, 0) is 53.8 Å². The van der Waals surface area contributed by atoms with Crippen molar-refractivity contribution in [3.8, 4) is 0 Å². The van der Waals surface area contributed by atoms with Gasteiger partial charge in [-0.2, -0.15) is 0 Å². The number of thiocarbonyl (C=S) groups is 1. The minimum absolute atomic E-state index is 0.00934. The first-order chi connectivity index (χ1) is 14.7. The maximum atomic E-state index is 12.7. The molecule has 2 atom stereocenters. The summed E-state index contributed by atoms with van der Waals surface area (Å²) in [5, 5.41) is 9.20. The molecule has 0 bridgehead atoms. The van der Waals surface area contributed by atoms with Crippen LogP contribution in [0.3, 0.4) is 0 Å². The maximum absolute atomic E-state index is 12.7. The second-order valence-corrected chi connectivity index (χ2v) is 8.51. The number of carbonyl (C=O) groups excluding carboxylic acids is 1. The fraction of sp³-hybridized carbons (Fsp3) is 0.261. The highest BCUT2D eigenvalue weighted by Crippen LogP contribution is 2.40. The van der Waals surface area contributed by atoms with Gasteiger partial charge in [-0.1, -0.05) is 37.3 Å². The predicted molar refractivity (Wildman–Crippen MR) is 126 cm³/mol. The molecule has 2 aromatic heterocycles. The van der Waals surface area contributed by atoms with E-state index in [1.807, 2.05) is 48.5 Å². The second kappa shape index (κ2) is 9.36. The summed E-state index contributed by atoms with van der Waals surface area (Å²) in [4.78, 5) is 20.5. The number of benzene rings is 1. The van der Waals surface area contributed by atoms with Crippen LogP contribution in [0.1, 0.15) is 41.6 Å². The quantitative estimate of drug-likeness (QED) is 0.526. The van der Waals surface area contributed by atoms with E-state index in [1.165, 1.54) is 4.88 Å². The highest BCUT2D eigenvalue weighted by molar-refractivity contribution is 7.80. The summed E-state index contributed by atoms with van der Waals surface area (Å²) in [5.41, 5.74) is 2.96. The molecule has 3 aromatic rings. The topological polar surface area (TPSA) is 57.3 Å². The summed E-state index contributed by atoms with van der Waals surface area (Å²) >= 11 is 7.35. The Morgan fingerprint density at radius 1 is 1.20 bits per heavy atom. The molecule has 0 saturated carbocycles. The Labute approximate surface area is 186 Å². The molecule has 7 heteroatoms. The molecule has 0 aliphatic carbocycles. The van der Waals surface area contributed by atoms with E-state index in [9.17, 15) is 4.79 Å². The summed E-state index contributed by atoms with van der Waals surface area (Å²) < 4.78 is 0. The number of rotatable bonds is 7. The molecule has 30 heavy (non-hydrogen) atoms. The number of nitrogens with one attached hydrogen (secondary N) is 2. The van der Waals surface area contributed by atoms with Crippen molar-refractivity contribution in [3.05, 3.63) is 82.3 Å².